The number of aryl methyl sites for hydroxylation is 1. The third-order valence-corrected chi connectivity index (χ3v) is 3.36. The van der Waals surface area contributed by atoms with Gasteiger partial charge in [-0.05, 0) is 25.0 Å². The first-order valence-corrected chi connectivity index (χ1v) is 7.21. The maximum absolute atomic E-state index is 13.9. The van der Waals surface area contributed by atoms with Crippen LogP contribution in [0, 0.1) is 5.82 Å². The largest absolute Gasteiger partial charge is 0.375 e. The summed E-state index contributed by atoms with van der Waals surface area (Å²) in [6, 6.07) is 10.2. The number of nitrogens with zero attached hydrogens (tertiary/aromatic N) is 3. The molecular formula is C16H21FN4. The molecule has 1 N–H and O–H groups in total. The Labute approximate surface area is 125 Å². The molecule has 0 radical (unpaired) electrons. The second-order valence-corrected chi connectivity index (χ2v) is 4.87. The number of benzene rings is 1. The zero-order valence-electron chi connectivity index (χ0n) is 12.5. The highest BCUT2D eigenvalue weighted by Crippen LogP contribution is 2.14. The number of hydrogen-bond donors (Lipinski definition) is 1. The van der Waals surface area contributed by atoms with Crippen molar-refractivity contribution in [1.82, 2.24) is 9.97 Å². The fraction of sp³-hybridized carbons (Fsp3) is 0.375. The summed E-state index contributed by atoms with van der Waals surface area (Å²) < 4.78 is 13.9. The van der Waals surface area contributed by atoms with Crippen LogP contribution in [0.1, 0.15) is 19.0 Å². The van der Waals surface area contributed by atoms with Crippen LogP contribution in [0.25, 0.3) is 0 Å². The van der Waals surface area contributed by atoms with Gasteiger partial charge in [0.15, 0.2) is 11.6 Å². The molecule has 1 aromatic carbocycles. The fourth-order valence-electron chi connectivity index (χ4n) is 2.11. The van der Waals surface area contributed by atoms with Crippen molar-refractivity contribution < 1.29 is 4.39 Å². The van der Waals surface area contributed by atoms with E-state index in [4.69, 9.17) is 0 Å². The molecule has 2 rings (SSSR count). The van der Waals surface area contributed by atoms with Crippen LogP contribution in [0.2, 0.25) is 0 Å². The molecule has 0 amide bonds. The van der Waals surface area contributed by atoms with E-state index in [9.17, 15) is 4.39 Å². The second-order valence-electron chi connectivity index (χ2n) is 4.87. The average Bonchev–Trinajstić information content (AvgIpc) is 2.53. The van der Waals surface area contributed by atoms with Crippen molar-refractivity contribution in [2.24, 2.45) is 0 Å². The van der Waals surface area contributed by atoms with Crippen molar-refractivity contribution in [1.29, 1.82) is 0 Å². The quantitative estimate of drug-likeness (QED) is 0.795. The third-order valence-electron chi connectivity index (χ3n) is 3.36. The van der Waals surface area contributed by atoms with Gasteiger partial charge in [0.1, 0.15) is 6.33 Å². The average molecular weight is 288 g/mol. The van der Waals surface area contributed by atoms with Crippen molar-refractivity contribution in [3.8, 4) is 0 Å². The summed E-state index contributed by atoms with van der Waals surface area (Å²) in [4.78, 5) is 10.0. The van der Waals surface area contributed by atoms with Crippen LogP contribution < -0.4 is 10.2 Å². The van der Waals surface area contributed by atoms with Crippen LogP contribution in [0.3, 0.4) is 0 Å². The topological polar surface area (TPSA) is 41.1 Å². The molecule has 0 saturated carbocycles. The molecule has 0 saturated heterocycles. The minimum absolute atomic E-state index is 0.296. The molecule has 21 heavy (non-hydrogen) atoms. The van der Waals surface area contributed by atoms with E-state index >= 15 is 0 Å². The SMILES string of the molecule is CCc1ncnc(NCCCN(C)c2ccccc2)c1F. The highest BCUT2D eigenvalue weighted by Gasteiger charge is 2.08. The highest BCUT2D eigenvalue weighted by atomic mass is 19.1. The van der Waals surface area contributed by atoms with E-state index in [-0.39, 0.29) is 5.82 Å². The first-order chi connectivity index (χ1) is 10.2. The number of hydrogen-bond acceptors (Lipinski definition) is 4. The number of halogens is 1. The number of aromatic nitrogens is 2. The van der Waals surface area contributed by atoms with Crippen molar-refractivity contribution in [3.63, 3.8) is 0 Å². The highest BCUT2D eigenvalue weighted by molar-refractivity contribution is 5.45. The number of para-hydroxylation sites is 1. The predicted octanol–water partition coefficient (Wildman–Crippen LogP) is 3.12. The summed E-state index contributed by atoms with van der Waals surface area (Å²) in [6.07, 6.45) is 2.87. The first-order valence-electron chi connectivity index (χ1n) is 7.21. The van der Waals surface area contributed by atoms with Crippen molar-refractivity contribution in [2.45, 2.75) is 19.8 Å². The molecule has 1 aromatic heterocycles. The molecule has 4 nitrogen and oxygen atoms in total. The Balaban J connectivity index is 1.80. The summed E-state index contributed by atoms with van der Waals surface area (Å²) in [7, 11) is 2.05. The standard InChI is InChI=1S/C16H21FN4/c1-3-14-15(17)16(20-12-19-14)18-10-7-11-21(2)13-8-5-4-6-9-13/h4-6,8-9,12H,3,7,10-11H2,1-2H3,(H,18,19,20). The number of nitrogens with one attached hydrogen (secondary N) is 1. The van der Waals surface area contributed by atoms with Crippen molar-refractivity contribution >= 4 is 11.5 Å². The van der Waals surface area contributed by atoms with Gasteiger partial charge in [-0.25, -0.2) is 14.4 Å². The molecule has 1 heterocycles. The molecule has 112 valence electrons. The second kappa shape index (κ2) is 7.57. The maximum Gasteiger partial charge on any atom is 0.186 e. The van der Waals surface area contributed by atoms with Crippen LogP contribution in [0.15, 0.2) is 36.7 Å². The molecule has 0 aliphatic rings. The molecular weight excluding hydrogens is 267 g/mol. The number of anilines is 2. The summed E-state index contributed by atoms with van der Waals surface area (Å²) in [5.41, 5.74) is 1.63. The molecule has 5 heteroatoms. The molecule has 0 aliphatic carbocycles. The normalized spacial score (nSPS) is 10.4. The van der Waals surface area contributed by atoms with Gasteiger partial charge < -0.3 is 10.2 Å². The van der Waals surface area contributed by atoms with E-state index in [0.29, 0.717) is 24.5 Å². The van der Waals surface area contributed by atoms with Crippen molar-refractivity contribution in [3.05, 3.63) is 48.2 Å². The zero-order valence-corrected chi connectivity index (χ0v) is 12.5. The lowest BCUT2D eigenvalue weighted by atomic mass is 10.3. The van der Waals surface area contributed by atoms with Gasteiger partial charge in [0.25, 0.3) is 0 Å². The Morgan fingerprint density at radius 3 is 2.67 bits per heavy atom. The lowest BCUT2D eigenvalue weighted by Crippen LogP contribution is -2.21. The van der Waals surface area contributed by atoms with Gasteiger partial charge in [-0.3, -0.25) is 0 Å². The Kier molecular flexibility index (Phi) is 5.49. The summed E-state index contributed by atoms with van der Waals surface area (Å²) in [6.45, 7) is 3.45. The van der Waals surface area contributed by atoms with Gasteiger partial charge in [-0.15, -0.1) is 0 Å². The van der Waals surface area contributed by atoms with Gasteiger partial charge in [0, 0.05) is 25.8 Å². The Morgan fingerprint density at radius 1 is 1.19 bits per heavy atom. The molecule has 2 aromatic rings. The maximum atomic E-state index is 13.9. The Hall–Kier alpha value is -2.17. The number of rotatable bonds is 7. The summed E-state index contributed by atoms with van der Waals surface area (Å²) in [5.74, 6) is -0.0411. The van der Waals surface area contributed by atoms with Gasteiger partial charge >= 0.3 is 0 Å². The van der Waals surface area contributed by atoms with Crippen molar-refractivity contribution in [2.75, 3.05) is 30.4 Å². The Morgan fingerprint density at radius 2 is 1.95 bits per heavy atom. The van der Waals surface area contributed by atoms with Gasteiger partial charge in [-0.2, -0.15) is 0 Å². The van der Waals surface area contributed by atoms with E-state index in [1.165, 1.54) is 12.0 Å². The van der Waals surface area contributed by atoms with E-state index < -0.39 is 0 Å². The van der Waals surface area contributed by atoms with Crippen LogP contribution in [-0.2, 0) is 6.42 Å². The van der Waals surface area contributed by atoms with Crippen LogP contribution in [-0.4, -0.2) is 30.1 Å². The Bertz CT molecular complexity index is 559. The zero-order chi connectivity index (χ0) is 15.1. The minimum Gasteiger partial charge on any atom is -0.375 e. The van der Waals surface area contributed by atoms with E-state index in [2.05, 4.69) is 39.4 Å². The van der Waals surface area contributed by atoms with Crippen LogP contribution >= 0.6 is 0 Å². The van der Waals surface area contributed by atoms with E-state index in [1.54, 1.807) is 0 Å². The predicted molar refractivity (Wildman–Crippen MR) is 84.2 cm³/mol. The molecule has 0 bridgehead atoms. The van der Waals surface area contributed by atoms with Crippen LogP contribution in [0.4, 0.5) is 15.9 Å². The van der Waals surface area contributed by atoms with Gasteiger partial charge in [0.05, 0.1) is 5.69 Å². The monoisotopic (exact) mass is 288 g/mol. The molecule has 0 unspecified atom stereocenters. The molecule has 0 aliphatic heterocycles. The van der Waals surface area contributed by atoms with Gasteiger partial charge in [-0.1, -0.05) is 25.1 Å². The summed E-state index contributed by atoms with van der Waals surface area (Å²) >= 11 is 0. The smallest absolute Gasteiger partial charge is 0.186 e. The first kappa shape index (κ1) is 15.2. The molecule has 0 atom stereocenters. The molecule has 0 fully saturated rings. The minimum atomic E-state index is -0.337. The lowest BCUT2D eigenvalue weighted by molar-refractivity contribution is 0.596. The summed E-state index contributed by atoms with van der Waals surface area (Å²) in [5, 5.41) is 3.04. The van der Waals surface area contributed by atoms with Crippen LogP contribution in [0.5, 0.6) is 0 Å². The third kappa shape index (κ3) is 4.15. The lowest BCUT2D eigenvalue weighted by Gasteiger charge is -2.19. The molecule has 0 spiro atoms. The van der Waals surface area contributed by atoms with E-state index in [1.807, 2.05) is 25.1 Å². The van der Waals surface area contributed by atoms with E-state index in [0.717, 1.165) is 13.0 Å². The van der Waals surface area contributed by atoms with Gasteiger partial charge in [0.2, 0.25) is 0 Å². The fourth-order valence-corrected chi connectivity index (χ4v) is 2.11.